The summed E-state index contributed by atoms with van der Waals surface area (Å²) in [5.74, 6) is -0.663. The summed E-state index contributed by atoms with van der Waals surface area (Å²) in [7, 11) is 1.58. The van der Waals surface area contributed by atoms with E-state index < -0.39 is 17.7 Å². The van der Waals surface area contributed by atoms with Crippen LogP contribution in [0, 0.1) is 6.92 Å². The van der Waals surface area contributed by atoms with Crippen LogP contribution < -0.4 is 4.74 Å². The molecule has 1 atom stereocenters. The monoisotopic (exact) mass is 379 g/mol. The first-order chi connectivity index (χ1) is 13.5. The van der Waals surface area contributed by atoms with Gasteiger partial charge in [0.15, 0.2) is 0 Å². The molecule has 3 rings (SSSR count). The number of hydrogen-bond donors (Lipinski definition) is 1. The van der Waals surface area contributed by atoms with E-state index in [9.17, 15) is 14.7 Å². The third-order valence-corrected chi connectivity index (χ3v) is 5.05. The van der Waals surface area contributed by atoms with Crippen LogP contribution in [0.3, 0.4) is 0 Å². The van der Waals surface area contributed by atoms with Gasteiger partial charge in [0.2, 0.25) is 0 Å². The van der Waals surface area contributed by atoms with Crippen molar-refractivity contribution in [2.75, 3.05) is 13.7 Å². The third-order valence-electron chi connectivity index (χ3n) is 5.05. The lowest BCUT2D eigenvalue weighted by atomic mass is 9.95. The Bertz CT molecular complexity index is 897. The summed E-state index contributed by atoms with van der Waals surface area (Å²) in [5, 5.41) is 10.9. The second-order valence-electron chi connectivity index (χ2n) is 6.99. The topological polar surface area (TPSA) is 66.8 Å². The molecule has 2 aromatic carbocycles. The minimum Gasteiger partial charge on any atom is -0.507 e. The summed E-state index contributed by atoms with van der Waals surface area (Å²) in [4.78, 5) is 27.1. The van der Waals surface area contributed by atoms with E-state index in [0.717, 1.165) is 24.0 Å². The molecule has 5 heteroatoms. The highest BCUT2D eigenvalue weighted by atomic mass is 16.5. The summed E-state index contributed by atoms with van der Waals surface area (Å²) in [5.41, 5.74) is 2.48. The highest BCUT2D eigenvalue weighted by Gasteiger charge is 2.45. The molecule has 0 bridgehead atoms. The summed E-state index contributed by atoms with van der Waals surface area (Å²) < 4.78 is 5.21. The first kappa shape index (κ1) is 19.7. The number of carbonyl (C=O) groups excluding carboxylic acids is 2. The number of unbranched alkanes of at least 4 members (excludes halogenated alkanes) is 1. The molecule has 1 aliphatic rings. The third kappa shape index (κ3) is 3.65. The highest BCUT2D eigenvalue weighted by Crippen LogP contribution is 2.39. The van der Waals surface area contributed by atoms with Gasteiger partial charge < -0.3 is 14.7 Å². The Balaban J connectivity index is 2.13. The molecule has 0 saturated carbocycles. The van der Waals surface area contributed by atoms with E-state index in [2.05, 4.69) is 0 Å². The van der Waals surface area contributed by atoms with Gasteiger partial charge in [0.05, 0.1) is 18.7 Å². The van der Waals surface area contributed by atoms with E-state index >= 15 is 0 Å². The Morgan fingerprint density at radius 1 is 1.07 bits per heavy atom. The quantitative estimate of drug-likeness (QED) is 0.463. The van der Waals surface area contributed by atoms with Crippen molar-refractivity contribution in [1.29, 1.82) is 0 Å². The van der Waals surface area contributed by atoms with Gasteiger partial charge in [0.1, 0.15) is 11.5 Å². The van der Waals surface area contributed by atoms with Crippen LogP contribution in [0.5, 0.6) is 5.75 Å². The second kappa shape index (κ2) is 8.30. The van der Waals surface area contributed by atoms with Crippen LogP contribution in [0.2, 0.25) is 0 Å². The molecule has 1 aliphatic heterocycles. The maximum Gasteiger partial charge on any atom is 0.295 e. The fraction of sp³-hybridized carbons (Fsp3) is 0.304. The first-order valence-electron chi connectivity index (χ1n) is 9.47. The normalized spacial score (nSPS) is 18.5. The number of aliphatic hydroxyl groups is 1. The summed E-state index contributed by atoms with van der Waals surface area (Å²) in [6, 6.07) is 13.9. The average molecular weight is 379 g/mol. The Kier molecular flexibility index (Phi) is 5.83. The standard InChI is InChI=1S/C23H25NO4/c1-4-5-14-24-20(16-10-12-18(28-3)13-11-16)19(22(26)23(24)27)21(25)17-8-6-15(2)7-9-17/h6-13,20,25H,4-5,14H2,1-3H3/t20-/m0/s1. The number of hydrogen-bond acceptors (Lipinski definition) is 4. The molecular formula is C23H25NO4. The summed E-state index contributed by atoms with van der Waals surface area (Å²) in [6.45, 7) is 4.44. The molecule has 1 fully saturated rings. The van der Waals surface area contributed by atoms with Crippen molar-refractivity contribution < 1.29 is 19.4 Å². The lowest BCUT2D eigenvalue weighted by Gasteiger charge is -2.25. The number of ketones is 1. The highest BCUT2D eigenvalue weighted by molar-refractivity contribution is 6.46. The van der Waals surface area contributed by atoms with Crippen molar-refractivity contribution in [3.05, 3.63) is 70.8 Å². The van der Waals surface area contributed by atoms with Crippen molar-refractivity contribution in [2.45, 2.75) is 32.7 Å². The molecule has 0 unspecified atom stereocenters. The molecule has 146 valence electrons. The second-order valence-corrected chi connectivity index (χ2v) is 6.99. The van der Waals surface area contributed by atoms with Gasteiger partial charge in [0.25, 0.3) is 11.7 Å². The number of aryl methyl sites for hydroxylation is 1. The number of likely N-dealkylation sites (tertiary alicyclic amines) is 1. The summed E-state index contributed by atoms with van der Waals surface area (Å²) >= 11 is 0. The van der Waals surface area contributed by atoms with Crippen LogP contribution in [-0.4, -0.2) is 35.4 Å². The Hall–Kier alpha value is -3.08. The van der Waals surface area contributed by atoms with Gasteiger partial charge in [-0.2, -0.15) is 0 Å². The number of benzene rings is 2. The molecule has 1 heterocycles. The lowest BCUT2D eigenvalue weighted by Crippen LogP contribution is -2.30. The van der Waals surface area contributed by atoms with Crippen LogP contribution in [0.25, 0.3) is 5.76 Å². The van der Waals surface area contributed by atoms with E-state index in [1.165, 1.54) is 0 Å². The molecule has 0 aromatic heterocycles. The van der Waals surface area contributed by atoms with E-state index in [1.54, 1.807) is 36.3 Å². The fourth-order valence-electron chi connectivity index (χ4n) is 3.44. The largest absolute Gasteiger partial charge is 0.507 e. The van der Waals surface area contributed by atoms with Crippen molar-refractivity contribution in [3.63, 3.8) is 0 Å². The number of nitrogens with zero attached hydrogens (tertiary/aromatic N) is 1. The van der Waals surface area contributed by atoms with Gasteiger partial charge in [-0.15, -0.1) is 0 Å². The first-order valence-corrected chi connectivity index (χ1v) is 9.47. The van der Waals surface area contributed by atoms with Gasteiger partial charge in [-0.3, -0.25) is 9.59 Å². The zero-order chi connectivity index (χ0) is 20.3. The number of aliphatic hydroxyl groups excluding tert-OH is 1. The average Bonchev–Trinajstić information content (AvgIpc) is 2.97. The number of methoxy groups -OCH3 is 1. The maximum absolute atomic E-state index is 12.8. The van der Waals surface area contributed by atoms with Crippen LogP contribution in [0.1, 0.15) is 42.5 Å². The van der Waals surface area contributed by atoms with Crippen LogP contribution >= 0.6 is 0 Å². The maximum atomic E-state index is 12.8. The van der Waals surface area contributed by atoms with Gasteiger partial charge in [-0.05, 0) is 31.0 Å². The molecule has 0 spiro atoms. The predicted molar refractivity (Wildman–Crippen MR) is 108 cm³/mol. The van der Waals surface area contributed by atoms with Crippen molar-refractivity contribution >= 4 is 17.4 Å². The zero-order valence-electron chi connectivity index (χ0n) is 16.4. The molecule has 28 heavy (non-hydrogen) atoms. The molecule has 5 nitrogen and oxygen atoms in total. The Labute approximate surface area is 165 Å². The lowest BCUT2D eigenvalue weighted by molar-refractivity contribution is -0.139. The molecule has 1 N–H and O–H groups in total. The smallest absolute Gasteiger partial charge is 0.295 e. The molecule has 0 radical (unpaired) electrons. The van der Waals surface area contributed by atoms with Gasteiger partial charge >= 0.3 is 0 Å². The van der Waals surface area contributed by atoms with Gasteiger partial charge in [0, 0.05) is 12.1 Å². The van der Waals surface area contributed by atoms with Crippen LogP contribution in [-0.2, 0) is 9.59 Å². The molecule has 1 amide bonds. The van der Waals surface area contributed by atoms with Gasteiger partial charge in [-0.1, -0.05) is 55.3 Å². The minimum atomic E-state index is -0.644. The molecular weight excluding hydrogens is 354 g/mol. The van der Waals surface area contributed by atoms with Gasteiger partial charge in [-0.25, -0.2) is 0 Å². The van der Waals surface area contributed by atoms with Crippen molar-refractivity contribution in [1.82, 2.24) is 4.90 Å². The van der Waals surface area contributed by atoms with E-state index in [0.29, 0.717) is 17.9 Å². The fourth-order valence-corrected chi connectivity index (χ4v) is 3.44. The number of Topliss-reactive ketones (excluding diaryl/α,β-unsaturated/α-hetero) is 1. The molecule has 2 aromatic rings. The molecule has 0 aliphatic carbocycles. The zero-order valence-corrected chi connectivity index (χ0v) is 16.4. The van der Waals surface area contributed by atoms with E-state index in [-0.39, 0.29) is 11.3 Å². The number of rotatable bonds is 6. The van der Waals surface area contributed by atoms with E-state index in [4.69, 9.17) is 4.74 Å². The summed E-state index contributed by atoms with van der Waals surface area (Å²) in [6.07, 6.45) is 1.68. The Morgan fingerprint density at radius 2 is 1.71 bits per heavy atom. The minimum absolute atomic E-state index is 0.134. The van der Waals surface area contributed by atoms with Crippen LogP contribution in [0.4, 0.5) is 0 Å². The number of amides is 1. The predicted octanol–water partition coefficient (Wildman–Crippen LogP) is 4.23. The number of carbonyl (C=O) groups is 2. The molecule has 1 saturated heterocycles. The van der Waals surface area contributed by atoms with Crippen LogP contribution in [0.15, 0.2) is 54.1 Å². The number of ether oxygens (including phenoxy) is 1. The van der Waals surface area contributed by atoms with Crippen molar-refractivity contribution in [3.8, 4) is 5.75 Å². The SMILES string of the molecule is CCCCN1C(=O)C(=O)C(=C(O)c2ccc(C)cc2)[C@@H]1c1ccc(OC)cc1. The Morgan fingerprint density at radius 3 is 2.29 bits per heavy atom. The van der Waals surface area contributed by atoms with Crippen molar-refractivity contribution in [2.24, 2.45) is 0 Å². The van der Waals surface area contributed by atoms with E-state index in [1.807, 2.05) is 38.1 Å².